The minimum Gasteiger partial charge on any atom is -0.397 e. The van der Waals surface area contributed by atoms with Crippen LogP contribution in [0.3, 0.4) is 0 Å². The second-order valence-corrected chi connectivity index (χ2v) is 3.92. The van der Waals surface area contributed by atoms with E-state index in [1.807, 2.05) is 0 Å². The van der Waals surface area contributed by atoms with Gasteiger partial charge in [0.2, 0.25) is 0 Å². The minimum absolute atomic E-state index is 0.00406. The predicted molar refractivity (Wildman–Crippen MR) is 61.3 cm³/mol. The van der Waals surface area contributed by atoms with Gasteiger partial charge >= 0.3 is 6.18 Å². The quantitative estimate of drug-likeness (QED) is 0.865. The molecule has 0 aliphatic heterocycles. The first kappa shape index (κ1) is 14.6. The van der Waals surface area contributed by atoms with Gasteiger partial charge in [-0.25, -0.2) is 4.98 Å². The first-order chi connectivity index (χ1) is 8.24. The fourth-order valence-electron chi connectivity index (χ4n) is 1.34. The first-order valence-corrected chi connectivity index (χ1v) is 5.39. The molecule has 1 aromatic heterocycles. The van der Waals surface area contributed by atoms with Crippen LogP contribution in [0.5, 0.6) is 0 Å². The number of hydrogen-bond donors (Lipinski definition) is 1. The van der Waals surface area contributed by atoms with E-state index < -0.39 is 18.6 Å². The van der Waals surface area contributed by atoms with Gasteiger partial charge in [-0.15, -0.1) is 0 Å². The highest BCUT2D eigenvalue weighted by molar-refractivity contribution is 6.29. The molecule has 1 aromatic rings. The summed E-state index contributed by atoms with van der Waals surface area (Å²) in [6, 6.07) is 1.15. The summed E-state index contributed by atoms with van der Waals surface area (Å²) >= 11 is 5.58. The zero-order valence-electron chi connectivity index (χ0n) is 9.46. The number of pyridine rings is 1. The van der Waals surface area contributed by atoms with E-state index >= 15 is 0 Å². The van der Waals surface area contributed by atoms with Gasteiger partial charge in [-0.05, 0) is 13.0 Å². The maximum atomic E-state index is 12.3. The van der Waals surface area contributed by atoms with Crippen LogP contribution in [0.1, 0.15) is 17.3 Å². The third-order valence-electron chi connectivity index (χ3n) is 2.17. The van der Waals surface area contributed by atoms with Crippen LogP contribution < -0.4 is 5.73 Å². The summed E-state index contributed by atoms with van der Waals surface area (Å²) in [5.41, 5.74) is 5.41. The normalized spacial score (nSPS) is 11.4. The molecule has 0 bridgehead atoms. The molecular weight excluding hydrogens is 271 g/mol. The second-order valence-electron chi connectivity index (χ2n) is 3.53. The number of rotatable bonds is 3. The Morgan fingerprint density at radius 3 is 2.67 bits per heavy atom. The summed E-state index contributed by atoms with van der Waals surface area (Å²) < 4.78 is 36.9. The lowest BCUT2D eigenvalue weighted by Gasteiger charge is -2.22. The molecule has 2 N–H and O–H groups in total. The van der Waals surface area contributed by atoms with Crippen molar-refractivity contribution in [1.82, 2.24) is 9.88 Å². The molecule has 18 heavy (non-hydrogen) atoms. The number of amides is 1. The Hall–Kier alpha value is -1.50. The van der Waals surface area contributed by atoms with Crippen LogP contribution in [0.25, 0.3) is 0 Å². The smallest absolute Gasteiger partial charge is 0.397 e. The monoisotopic (exact) mass is 281 g/mol. The highest BCUT2D eigenvalue weighted by Gasteiger charge is 2.33. The van der Waals surface area contributed by atoms with E-state index in [0.717, 1.165) is 12.3 Å². The Bertz CT molecular complexity index is 450. The largest absolute Gasteiger partial charge is 0.406 e. The van der Waals surface area contributed by atoms with Crippen molar-refractivity contribution in [2.24, 2.45) is 0 Å². The van der Waals surface area contributed by atoms with E-state index in [9.17, 15) is 18.0 Å². The third kappa shape index (κ3) is 3.76. The summed E-state index contributed by atoms with van der Waals surface area (Å²) in [4.78, 5) is 16.2. The summed E-state index contributed by atoms with van der Waals surface area (Å²) in [5, 5.41) is -0.00406. The average Bonchev–Trinajstić information content (AvgIpc) is 2.27. The number of nitrogens with zero attached hydrogens (tertiary/aromatic N) is 2. The van der Waals surface area contributed by atoms with Crippen LogP contribution in [-0.4, -0.2) is 35.1 Å². The highest BCUT2D eigenvalue weighted by Crippen LogP contribution is 2.21. The second kappa shape index (κ2) is 5.43. The lowest BCUT2D eigenvalue weighted by atomic mass is 10.2. The van der Waals surface area contributed by atoms with Gasteiger partial charge in [-0.1, -0.05) is 11.6 Å². The van der Waals surface area contributed by atoms with Crippen molar-refractivity contribution >= 4 is 23.2 Å². The maximum Gasteiger partial charge on any atom is 0.406 e. The molecule has 0 saturated heterocycles. The van der Waals surface area contributed by atoms with E-state index in [-0.39, 0.29) is 22.9 Å². The molecule has 0 atom stereocenters. The van der Waals surface area contributed by atoms with Crippen molar-refractivity contribution < 1.29 is 18.0 Å². The number of alkyl halides is 3. The molecule has 1 heterocycles. The van der Waals surface area contributed by atoms with E-state index in [1.165, 1.54) is 6.92 Å². The predicted octanol–water partition coefficient (Wildman–Crippen LogP) is 2.34. The van der Waals surface area contributed by atoms with Gasteiger partial charge in [0, 0.05) is 6.54 Å². The molecule has 0 saturated carbocycles. The Morgan fingerprint density at radius 2 is 2.17 bits per heavy atom. The lowest BCUT2D eigenvalue weighted by molar-refractivity contribution is -0.140. The molecule has 0 radical (unpaired) electrons. The van der Waals surface area contributed by atoms with Gasteiger partial charge in [0.1, 0.15) is 11.7 Å². The molecule has 100 valence electrons. The van der Waals surface area contributed by atoms with Crippen molar-refractivity contribution in [1.29, 1.82) is 0 Å². The number of carbonyl (C=O) groups excluding carboxylic acids is 1. The fourth-order valence-corrected chi connectivity index (χ4v) is 1.50. The number of hydrogen-bond acceptors (Lipinski definition) is 3. The van der Waals surface area contributed by atoms with Crippen molar-refractivity contribution in [2.75, 3.05) is 18.8 Å². The van der Waals surface area contributed by atoms with Gasteiger partial charge in [0.25, 0.3) is 5.91 Å². The SMILES string of the molecule is CCN(CC(F)(F)F)C(=O)c1cc(Cl)ncc1N. The van der Waals surface area contributed by atoms with E-state index in [0.29, 0.717) is 4.90 Å². The van der Waals surface area contributed by atoms with Gasteiger partial charge in [-0.2, -0.15) is 13.2 Å². The summed E-state index contributed by atoms with van der Waals surface area (Å²) in [6.45, 7) is 0.0298. The van der Waals surface area contributed by atoms with Crippen LogP contribution in [0.2, 0.25) is 5.15 Å². The molecule has 4 nitrogen and oxygen atoms in total. The van der Waals surface area contributed by atoms with Gasteiger partial charge < -0.3 is 10.6 Å². The Labute approximate surface area is 107 Å². The molecular formula is C10H11ClF3N3O. The van der Waals surface area contributed by atoms with Crippen LogP contribution in [0.15, 0.2) is 12.3 Å². The topological polar surface area (TPSA) is 59.2 Å². The number of aromatic nitrogens is 1. The first-order valence-electron chi connectivity index (χ1n) is 5.01. The van der Waals surface area contributed by atoms with Crippen LogP contribution in [0, 0.1) is 0 Å². The standard InChI is InChI=1S/C10H11ClF3N3O/c1-2-17(5-10(12,13)14)9(18)6-3-8(11)16-4-7(6)15/h3-4H,2,5,15H2,1H3. The number of anilines is 1. The highest BCUT2D eigenvalue weighted by atomic mass is 35.5. The molecule has 0 aliphatic rings. The summed E-state index contributed by atoms with van der Waals surface area (Å²) in [6.07, 6.45) is -3.33. The number of nitrogen functional groups attached to an aromatic ring is 1. The Kier molecular flexibility index (Phi) is 4.39. The Balaban J connectivity index is 3.00. The summed E-state index contributed by atoms with van der Waals surface area (Å²) in [7, 11) is 0. The Morgan fingerprint density at radius 1 is 1.56 bits per heavy atom. The molecule has 1 amide bonds. The zero-order valence-corrected chi connectivity index (χ0v) is 10.2. The lowest BCUT2D eigenvalue weighted by Crippen LogP contribution is -2.39. The van der Waals surface area contributed by atoms with Crippen molar-refractivity contribution in [3.63, 3.8) is 0 Å². The zero-order chi connectivity index (χ0) is 13.9. The van der Waals surface area contributed by atoms with Crippen LogP contribution in [0.4, 0.5) is 18.9 Å². The molecule has 1 rings (SSSR count). The fraction of sp³-hybridized carbons (Fsp3) is 0.400. The number of halogens is 4. The van der Waals surface area contributed by atoms with Crippen molar-refractivity contribution in [3.05, 3.63) is 23.0 Å². The van der Waals surface area contributed by atoms with E-state index in [1.54, 1.807) is 0 Å². The molecule has 0 aliphatic carbocycles. The number of nitrogens with two attached hydrogens (primary N) is 1. The molecule has 8 heteroatoms. The molecule has 0 unspecified atom stereocenters. The third-order valence-corrected chi connectivity index (χ3v) is 2.38. The molecule has 0 fully saturated rings. The molecule has 0 spiro atoms. The summed E-state index contributed by atoms with van der Waals surface area (Å²) in [5.74, 6) is -0.823. The number of carbonyl (C=O) groups is 1. The maximum absolute atomic E-state index is 12.3. The van der Waals surface area contributed by atoms with Crippen molar-refractivity contribution in [3.8, 4) is 0 Å². The van der Waals surface area contributed by atoms with Gasteiger partial charge in [-0.3, -0.25) is 4.79 Å². The minimum atomic E-state index is -4.46. The van der Waals surface area contributed by atoms with Crippen molar-refractivity contribution in [2.45, 2.75) is 13.1 Å². The van der Waals surface area contributed by atoms with Gasteiger partial charge in [0.15, 0.2) is 0 Å². The van der Waals surface area contributed by atoms with Crippen LogP contribution >= 0.6 is 11.6 Å². The average molecular weight is 282 g/mol. The van der Waals surface area contributed by atoms with Crippen LogP contribution in [-0.2, 0) is 0 Å². The van der Waals surface area contributed by atoms with E-state index in [2.05, 4.69) is 4.98 Å². The van der Waals surface area contributed by atoms with E-state index in [4.69, 9.17) is 17.3 Å². The van der Waals surface area contributed by atoms with Gasteiger partial charge in [0.05, 0.1) is 17.4 Å². The molecule has 0 aromatic carbocycles.